The van der Waals surface area contributed by atoms with Crippen LogP contribution in [0.15, 0.2) is 33.4 Å². The maximum Gasteiger partial charge on any atom is 0.127 e. The first-order valence-electron chi connectivity index (χ1n) is 6.51. The van der Waals surface area contributed by atoms with Crippen molar-refractivity contribution in [3.05, 3.63) is 55.4 Å². The van der Waals surface area contributed by atoms with Gasteiger partial charge in [0.1, 0.15) is 5.82 Å². The second kappa shape index (κ2) is 7.55. The van der Waals surface area contributed by atoms with Crippen LogP contribution in [-0.4, -0.2) is 6.54 Å². The first kappa shape index (κ1) is 16.0. The van der Waals surface area contributed by atoms with Crippen molar-refractivity contribution in [2.75, 3.05) is 6.54 Å². The van der Waals surface area contributed by atoms with E-state index in [1.54, 1.807) is 23.5 Å². The second-order valence-corrected chi connectivity index (χ2v) is 7.36. The summed E-state index contributed by atoms with van der Waals surface area (Å²) >= 11 is 10.9. The molecule has 0 fully saturated rings. The highest BCUT2D eigenvalue weighted by molar-refractivity contribution is 9.11. The van der Waals surface area contributed by atoms with Gasteiger partial charge in [0, 0.05) is 11.1 Å². The van der Waals surface area contributed by atoms with E-state index in [0.29, 0.717) is 17.0 Å². The van der Waals surface area contributed by atoms with Crippen molar-refractivity contribution < 1.29 is 4.39 Å². The van der Waals surface area contributed by atoms with E-state index in [2.05, 4.69) is 39.6 Å². The maximum absolute atomic E-state index is 13.9. The second-order valence-electron chi connectivity index (χ2n) is 4.63. The third-order valence-corrected chi connectivity index (χ3v) is 4.83. The highest BCUT2D eigenvalue weighted by Gasteiger charge is 2.15. The monoisotopic (exact) mass is 375 g/mol. The van der Waals surface area contributed by atoms with Crippen LogP contribution in [0.25, 0.3) is 0 Å². The van der Waals surface area contributed by atoms with Crippen LogP contribution < -0.4 is 5.32 Å². The van der Waals surface area contributed by atoms with Crippen LogP contribution in [0.2, 0.25) is 5.02 Å². The molecule has 5 heteroatoms. The van der Waals surface area contributed by atoms with Gasteiger partial charge in [0.2, 0.25) is 0 Å². The first-order valence-corrected chi connectivity index (χ1v) is 8.56. The third kappa shape index (κ3) is 4.29. The Morgan fingerprint density at radius 3 is 2.80 bits per heavy atom. The van der Waals surface area contributed by atoms with Crippen molar-refractivity contribution in [1.82, 2.24) is 5.32 Å². The van der Waals surface area contributed by atoms with Crippen LogP contribution in [0.1, 0.15) is 30.5 Å². The van der Waals surface area contributed by atoms with Gasteiger partial charge in [-0.15, -0.1) is 11.3 Å². The molecular weight excluding hydrogens is 361 g/mol. The number of thiophene rings is 1. The molecule has 1 atom stereocenters. The molecule has 0 bridgehead atoms. The lowest BCUT2D eigenvalue weighted by atomic mass is 10.0. The summed E-state index contributed by atoms with van der Waals surface area (Å²) in [6.07, 6.45) is 1.66. The summed E-state index contributed by atoms with van der Waals surface area (Å²) < 4.78 is 15.0. The van der Waals surface area contributed by atoms with E-state index in [4.69, 9.17) is 11.6 Å². The summed E-state index contributed by atoms with van der Waals surface area (Å²) in [7, 11) is 0. The Bertz CT molecular complexity index is 573. The zero-order valence-corrected chi connectivity index (χ0v) is 14.3. The van der Waals surface area contributed by atoms with E-state index in [-0.39, 0.29) is 11.9 Å². The molecule has 2 aromatic rings. The predicted molar refractivity (Wildman–Crippen MR) is 88.2 cm³/mol. The standard InChI is InChI=1S/C15H16BrClFNS/c1-2-5-19-14(11-7-15(16)20-9-11)6-10-3-4-12(17)8-13(10)18/h3-4,7-9,14,19H,2,5-6H2,1H3. The topological polar surface area (TPSA) is 12.0 Å². The molecule has 1 N–H and O–H groups in total. The van der Waals surface area contributed by atoms with Crippen molar-refractivity contribution in [1.29, 1.82) is 0 Å². The van der Waals surface area contributed by atoms with E-state index in [1.165, 1.54) is 11.6 Å². The lowest BCUT2D eigenvalue weighted by Crippen LogP contribution is -2.24. The summed E-state index contributed by atoms with van der Waals surface area (Å²) in [6.45, 7) is 3.03. The molecule has 0 aliphatic heterocycles. The lowest BCUT2D eigenvalue weighted by molar-refractivity contribution is 0.514. The zero-order chi connectivity index (χ0) is 14.5. The van der Waals surface area contributed by atoms with E-state index in [1.807, 2.05) is 0 Å². The van der Waals surface area contributed by atoms with Crippen molar-refractivity contribution in [2.24, 2.45) is 0 Å². The van der Waals surface area contributed by atoms with Gasteiger partial charge >= 0.3 is 0 Å². The first-order chi connectivity index (χ1) is 9.60. The lowest BCUT2D eigenvalue weighted by Gasteiger charge is -2.18. The Morgan fingerprint density at radius 2 is 2.20 bits per heavy atom. The van der Waals surface area contributed by atoms with Gasteiger partial charge in [-0.1, -0.05) is 24.6 Å². The smallest absolute Gasteiger partial charge is 0.127 e. The number of halogens is 3. The molecule has 0 saturated heterocycles. The van der Waals surface area contributed by atoms with Gasteiger partial charge in [0.15, 0.2) is 0 Å². The molecule has 0 amide bonds. The van der Waals surface area contributed by atoms with Crippen LogP contribution in [-0.2, 0) is 6.42 Å². The van der Waals surface area contributed by atoms with Crippen molar-refractivity contribution in [3.8, 4) is 0 Å². The SMILES string of the molecule is CCCNC(Cc1ccc(Cl)cc1F)c1csc(Br)c1. The average Bonchev–Trinajstić information content (AvgIpc) is 2.83. The minimum Gasteiger partial charge on any atom is -0.310 e. The van der Waals surface area contributed by atoms with Gasteiger partial charge in [0.05, 0.1) is 3.79 Å². The van der Waals surface area contributed by atoms with E-state index < -0.39 is 0 Å². The molecule has 0 radical (unpaired) electrons. The molecule has 0 saturated carbocycles. The molecular formula is C15H16BrClFNS. The fourth-order valence-corrected chi connectivity index (χ4v) is 3.43. The molecule has 1 aromatic heterocycles. The van der Waals surface area contributed by atoms with Gasteiger partial charge in [0.25, 0.3) is 0 Å². The van der Waals surface area contributed by atoms with Crippen molar-refractivity contribution in [3.63, 3.8) is 0 Å². The maximum atomic E-state index is 13.9. The fourth-order valence-electron chi connectivity index (χ4n) is 2.04. The quantitative estimate of drug-likeness (QED) is 0.693. The van der Waals surface area contributed by atoms with Gasteiger partial charge in [-0.25, -0.2) is 4.39 Å². The van der Waals surface area contributed by atoms with Gasteiger partial charge in [-0.3, -0.25) is 0 Å². The summed E-state index contributed by atoms with van der Waals surface area (Å²) in [5.74, 6) is -0.241. The summed E-state index contributed by atoms with van der Waals surface area (Å²) in [5, 5.41) is 6.01. The van der Waals surface area contributed by atoms with Crippen molar-refractivity contribution in [2.45, 2.75) is 25.8 Å². The molecule has 0 aliphatic carbocycles. The Morgan fingerprint density at radius 1 is 1.40 bits per heavy atom. The minimum absolute atomic E-state index is 0.119. The Balaban J connectivity index is 2.18. The highest BCUT2D eigenvalue weighted by atomic mass is 79.9. The Labute approximate surface area is 136 Å². The predicted octanol–water partition coefficient (Wildman–Crippen LogP) is 5.59. The average molecular weight is 377 g/mol. The van der Waals surface area contributed by atoms with E-state index in [0.717, 1.165) is 16.8 Å². The number of hydrogen-bond donors (Lipinski definition) is 1. The molecule has 0 aliphatic rings. The van der Waals surface area contributed by atoms with Crippen LogP contribution in [0.5, 0.6) is 0 Å². The highest BCUT2D eigenvalue weighted by Crippen LogP contribution is 2.28. The molecule has 1 unspecified atom stereocenters. The number of rotatable bonds is 6. The number of nitrogens with one attached hydrogen (secondary N) is 1. The third-order valence-electron chi connectivity index (χ3n) is 3.07. The van der Waals surface area contributed by atoms with Crippen LogP contribution in [0.4, 0.5) is 4.39 Å². The van der Waals surface area contributed by atoms with Gasteiger partial charge in [-0.05, 0) is 70.0 Å². The fraction of sp³-hybridized carbons (Fsp3) is 0.333. The molecule has 1 heterocycles. The van der Waals surface area contributed by atoms with Crippen LogP contribution >= 0.6 is 38.9 Å². The number of hydrogen-bond acceptors (Lipinski definition) is 2. The van der Waals surface area contributed by atoms with Crippen LogP contribution in [0.3, 0.4) is 0 Å². The molecule has 20 heavy (non-hydrogen) atoms. The zero-order valence-electron chi connectivity index (χ0n) is 11.1. The summed E-state index contributed by atoms with van der Waals surface area (Å²) in [6, 6.07) is 7.08. The molecule has 108 valence electrons. The minimum atomic E-state index is -0.241. The Hall–Kier alpha value is -0.420. The Kier molecular flexibility index (Phi) is 6.02. The summed E-state index contributed by atoms with van der Waals surface area (Å²) in [4.78, 5) is 0. The number of benzene rings is 1. The molecule has 1 aromatic carbocycles. The summed E-state index contributed by atoms with van der Waals surface area (Å²) in [5.41, 5.74) is 1.87. The largest absolute Gasteiger partial charge is 0.310 e. The van der Waals surface area contributed by atoms with Crippen LogP contribution in [0, 0.1) is 5.82 Å². The van der Waals surface area contributed by atoms with Crippen molar-refractivity contribution >= 4 is 38.9 Å². The molecule has 0 spiro atoms. The van der Waals surface area contributed by atoms with E-state index >= 15 is 0 Å². The van der Waals surface area contributed by atoms with Gasteiger partial charge in [-0.2, -0.15) is 0 Å². The van der Waals surface area contributed by atoms with E-state index in [9.17, 15) is 4.39 Å². The molecule has 2 rings (SSSR count). The normalized spacial score (nSPS) is 12.6. The van der Waals surface area contributed by atoms with Gasteiger partial charge < -0.3 is 5.32 Å². The molecule has 1 nitrogen and oxygen atoms in total.